The summed E-state index contributed by atoms with van der Waals surface area (Å²) < 4.78 is 5.42. The number of fused-ring (bicyclic) bond motifs is 1. The van der Waals surface area contributed by atoms with Crippen molar-refractivity contribution in [3.05, 3.63) is 59.8 Å². The van der Waals surface area contributed by atoms with Crippen LogP contribution in [0.15, 0.2) is 48.5 Å². The zero-order valence-electron chi connectivity index (χ0n) is 13.0. The number of nitrogens with one attached hydrogen (secondary N) is 1. The first-order valence-corrected chi connectivity index (χ1v) is 7.61. The number of ether oxygens (including phenoxy) is 1. The van der Waals surface area contributed by atoms with E-state index in [2.05, 4.69) is 29.4 Å². The van der Waals surface area contributed by atoms with Gasteiger partial charge < -0.3 is 10.1 Å². The fourth-order valence-electron chi connectivity index (χ4n) is 2.47. The molecule has 1 heterocycles. The maximum atomic E-state index is 6.00. The van der Waals surface area contributed by atoms with Crippen molar-refractivity contribution in [3.8, 4) is 5.75 Å². The van der Waals surface area contributed by atoms with Gasteiger partial charge >= 0.3 is 0 Å². The van der Waals surface area contributed by atoms with Gasteiger partial charge in [0, 0.05) is 16.8 Å². The van der Waals surface area contributed by atoms with Crippen LogP contribution in [0.25, 0.3) is 10.9 Å². The van der Waals surface area contributed by atoms with E-state index in [0.717, 1.165) is 33.7 Å². The Hall–Kier alpha value is -1.97. The van der Waals surface area contributed by atoms with E-state index in [1.54, 1.807) is 7.11 Å². The number of methoxy groups -OCH3 is 1. The van der Waals surface area contributed by atoms with Crippen LogP contribution < -0.4 is 10.1 Å². The number of anilines is 2. The number of aryl methyl sites for hydroxylation is 1. The van der Waals surface area contributed by atoms with Gasteiger partial charge in [-0.15, -0.1) is 24.0 Å². The summed E-state index contributed by atoms with van der Waals surface area (Å²) in [4.78, 5) is 4.59. The molecule has 5 heteroatoms. The molecule has 0 saturated heterocycles. The quantitative estimate of drug-likeness (QED) is 0.636. The van der Waals surface area contributed by atoms with Crippen LogP contribution >= 0.6 is 24.0 Å². The lowest BCUT2D eigenvalue weighted by Gasteiger charge is -2.14. The molecular weight excluding hydrogens is 331 g/mol. The van der Waals surface area contributed by atoms with Gasteiger partial charge in [0.1, 0.15) is 11.3 Å². The van der Waals surface area contributed by atoms with Crippen molar-refractivity contribution in [2.75, 3.05) is 12.4 Å². The second-order valence-electron chi connectivity index (χ2n) is 5.09. The topological polar surface area (TPSA) is 34.1 Å². The highest BCUT2D eigenvalue weighted by Gasteiger charge is 2.10. The monoisotopic (exact) mass is 348 g/mol. The first kappa shape index (κ1) is 17.4. The van der Waals surface area contributed by atoms with Crippen molar-refractivity contribution in [3.63, 3.8) is 0 Å². The van der Waals surface area contributed by atoms with Gasteiger partial charge in [-0.2, -0.15) is 0 Å². The summed E-state index contributed by atoms with van der Waals surface area (Å²) in [5.74, 6) is 1.11. The van der Waals surface area contributed by atoms with Crippen molar-refractivity contribution in [2.24, 2.45) is 0 Å². The van der Waals surface area contributed by atoms with Gasteiger partial charge in [-0.05, 0) is 30.7 Å². The highest BCUT2D eigenvalue weighted by atomic mass is 35.5. The predicted octanol–water partition coefficient (Wildman–Crippen LogP) is 5.46. The summed E-state index contributed by atoms with van der Waals surface area (Å²) in [5.41, 5.74) is 4.86. The average Bonchev–Trinajstić information content (AvgIpc) is 2.56. The fraction of sp³-hybridized carbons (Fsp3) is 0.167. The molecule has 1 N–H and O–H groups in total. The third-order valence-electron chi connectivity index (χ3n) is 3.63. The summed E-state index contributed by atoms with van der Waals surface area (Å²) in [6.45, 7) is 2.08. The number of halogens is 2. The zero-order valence-corrected chi connectivity index (χ0v) is 14.5. The van der Waals surface area contributed by atoms with Crippen molar-refractivity contribution in [1.29, 1.82) is 0 Å². The highest BCUT2D eigenvalue weighted by molar-refractivity contribution is 6.17. The second-order valence-corrected chi connectivity index (χ2v) is 5.36. The molecule has 0 fully saturated rings. The van der Waals surface area contributed by atoms with E-state index in [1.165, 1.54) is 5.56 Å². The third kappa shape index (κ3) is 3.52. The van der Waals surface area contributed by atoms with E-state index < -0.39 is 0 Å². The van der Waals surface area contributed by atoms with Gasteiger partial charge in [-0.25, -0.2) is 4.98 Å². The molecule has 0 bridgehead atoms. The molecule has 3 aromatic rings. The van der Waals surface area contributed by atoms with Crippen LogP contribution in [0.5, 0.6) is 5.75 Å². The summed E-state index contributed by atoms with van der Waals surface area (Å²) in [6, 6.07) is 16.1. The SMILES string of the molecule is COc1cccc2c(Nc3ccccc3C)cc(CCl)nc12.Cl. The van der Waals surface area contributed by atoms with Gasteiger partial charge in [0.2, 0.25) is 0 Å². The molecule has 23 heavy (non-hydrogen) atoms. The minimum atomic E-state index is 0. The summed E-state index contributed by atoms with van der Waals surface area (Å²) in [5, 5.41) is 4.50. The first-order valence-electron chi connectivity index (χ1n) is 7.08. The fourth-order valence-corrected chi connectivity index (χ4v) is 2.61. The predicted molar refractivity (Wildman–Crippen MR) is 99.6 cm³/mol. The molecule has 120 valence electrons. The smallest absolute Gasteiger partial charge is 0.145 e. The van der Waals surface area contributed by atoms with Gasteiger partial charge in [0.25, 0.3) is 0 Å². The number of rotatable bonds is 4. The number of hydrogen-bond acceptors (Lipinski definition) is 3. The van der Waals surface area contributed by atoms with Crippen molar-refractivity contribution >= 4 is 46.3 Å². The Morgan fingerprint density at radius 2 is 1.87 bits per heavy atom. The number of para-hydroxylation sites is 2. The maximum absolute atomic E-state index is 6.00. The van der Waals surface area contributed by atoms with Crippen LogP contribution in [-0.2, 0) is 5.88 Å². The van der Waals surface area contributed by atoms with Gasteiger partial charge in [0.05, 0.1) is 18.7 Å². The van der Waals surface area contributed by atoms with E-state index in [-0.39, 0.29) is 12.4 Å². The molecule has 2 aromatic carbocycles. The number of nitrogens with zero attached hydrogens (tertiary/aromatic N) is 1. The number of alkyl halides is 1. The van der Waals surface area contributed by atoms with Crippen LogP contribution in [0.4, 0.5) is 11.4 Å². The summed E-state index contributed by atoms with van der Waals surface area (Å²) in [6.07, 6.45) is 0. The Kier molecular flexibility index (Phi) is 5.69. The molecule has 0 aliphatic heterocycles. The average molecular weight is 349 g/mol. The lowest BCUT2D eigenvalue weighted by molar-refractivity contribution is 0.419. The zero-order chi connectivity index (χ0) is 15.5. The maximum Gasteiger partial charge on any atom is 0.145 e. The second kappa shape index (κ2) is 7.53. The Labute approximate surface area is 147 Å². The molecule has 3 rings (SSSR count). The normalized spacial score (nSPS) is 10.2. The van der Waals surface area contributed by atoms with Crippen LogP contribution in [0.1, 0.15) is 11.3 Å². The van der Waals surface area contributed by atoms with Gasteiger partial charge in [0.15, 0.2) is 0 Å². The van der Waals surface area contributed by atoms with Crippen LogP contribution in [0, 0.1) is 6.92 Å². The van der Waals surface area contributed by atoms with Crippen molar-refractivity contribution in [2.45, 2.75) is 12.8 Å². The number of aromatic nitrogens is 1. The third-order valence-corrected chi connectivity index (χ3v) is 3.90. The summed E-state index contributed by atoms with van der Waals surface area (Å²) >= 11 is 6.00. The van der Waals surface area contributed by atoms with E-state index in [0.29, 0.717) is 5.88 Å². The lowest BCUT2D eigenvalue weighted by Crippen LogP contribution is -1.98. The lowest BCUT2D eigenvalue weighted by atomic mass is 10.1. The minimum Gasteiger partial charge on any atom is -0.494 e. The molecule has 1 aromatic heterocycles. The Morgan fingerprint density at radius 3 is 2.57 bits per heavy atom. The van der Waals surface area contributed by atoms with Crippen LogP contribution in [-0.4, -0.2) is 12.1 Å². The molecule has 3 nitrogen and oxygen atoms in total. The van der Waals surface area contributed by atoms with E-state index >= 15 is 0 Å². The molecule has 0 amide bonds. The number of benzene rings is 2. The largest absolute Gasteiger partial charge is 0.494 e. The summed E-state index contributed by atoms with van der Waals surface area (Å²) in [7, 11) is 1.65. The molecule has 0 atom stereocenters. The molecular formula is C18H18Cl2N2O. The minimum absolute atomic E-state index is 0. The first-order chi connectivity index (χ1) is 10.7. The van der Waals surface area contributed by atoms with E-state index in [1.807, 2.05) is 36.4 Å². The van der Waals surface area contributed by atoms with Gasteiger partial charge in [-0.3, -0.25) is 0 Å². The molecule has 0 unspecified atom stereocenters. The molecule has 0 spiro atoms. The highest BCUT2D eigenvalue weighted by Crippen LogP contribution is 2.32. The van der Waals surface area contributed by atoms with E-state index in [4.69, 9.17) is 16.3 Å². The molecule has 0 radical (unpaired) electrons. The van der Waals surface area contributed by atoms with Crippen LogP contribution in [0.3, 0.4) is 0 Å². The van der Waals surface area contributed by atoms with Gasteiger partial charge in [-0.1, -0.05) is 30.3 Å². The molecule has 0 aliphatic carbocycles. The number of pyridine rings is 1. The number of hydrogen-bond donors (Lipinski definition) is 1. The molecule has 0 saturated carbocycles. The molecule has 0 aliphatic rings. The van der Waals surface area contributed by atoms with Crippen molar-refractivity contribution < 1.29 is 4.74 Å². The Bertz CT molecular complexity index is 821. The van der Waals surface area contributed by atoms with Crippen LogP contribution in [0.2, 0.25) is 0 Å². The van der Waals surface area contributed by atoms with Crippen molar-refractivity contribution in [1.82, 2.24) is 4.98 Å². The van der Waals surface area contributed by atoms with E-state index in [9.17, 15) is 0 Å². The Balaban J connectivity index is 0.00000192. The Morgan fingerprint density at radius 1 is 1.09 bits per heavy atom. The standard InChI is InChI=1S/C18H17ClN2O.ClH/c1-12-6-3-4-8-15(12)21-16-10-13(11-19)20-18-14(16)7-5-9-17(18)22-2;/h3-10H,11H2,1-2H3,(H,20,21);1H.